The van der Waals surface area contributed by atoms with E-state index < -0.39 is 23.9 Å². The van der Waals surface area contributed by atoms with Crippen molar-refractivity contribution in [3.63, 3.8) is 0 Å². The summed E-state index contributed by atoms with van der Waals surface area (Å²) in [6.45, 7) is 0.923. The highest BCUT2D eigenvalue weighted by Gasteiger charge is 2.31. The van der Waals surface area contributed by atoms with Crippen molar-refractivity contribution in [1.29, 1.82) is 0 Å². The highest BCUT2D eigenvalue weighted by atomic mass is 16.7. The van der Waals surface area contributed by atoms with Crippen molar-refractivity contribution in [2.75, 3.05) is 45.5 Å². The molecule has 140 valence electrons. The van der Waals surface area contributed by atoms with Gasteiger partial charge in [0.15, 0.2) is 11.5 Å². The molecular formula is C16H19N3O7. The smallest absolute Gasteiger partial charge is 0.325 e. The average molecular weight is 365 g/mol. The first-order valence-electron chi connectivity index (χ1n) is 7.97. The van der Waals surface area contributed by atoms with E-state index in [2.05, 4.69) is 10.6 Å². The number of hydrogen-bond donors (Lipinski definition) is 2. The average Bonchev–Trinajstić information content (AvgIpc) is 3.09. The van der Waals surface area contributed by atoms with Crippen LogP contribution in [0.1, 0.15) is 0 Å². The van der Waals surface area contributed by atoms with Gasteiger partial charge in [-0.3, -0.25) is 19.8 Å². The highest BCUT2D eigenvalue weighted by Crippen LogP contribution is 2.34. The number of esters is 1. The number of hydrogen-bond acceptors (Lipinski definition) is 8. The van der Waals surface area contributed by atoms with E-state index in [0.717, 1.165) is 0 Å². The third kappa shape index (κ3) is 4.21. The second kappa shape index (κ2) is 8.02. The second-order valence-corrected chi connectivity index (χ2v) is 5.65. The van der Waals surface area contributed by atoms with E-state index in [1.54, 1.807) is 23.1 Å². The fourth-order valence-electron chi connectivity index (χ4n) is 2.67. The summed E-state index contributed by atoms with van der Waals surface area (Å²) in [7, 11) is 1.27. The zero-order valence-corrected chi connectivity index (χ0v) is 14.1. The van der Waals surface area contributed by atoms with Crippen molar-refractivity contribution in [2.45, 2.75) is 6.04 Å². The zero-order chi connectivity index (χ0) is 18.5. The van der Waals surface area contributed by atoms with E-state index in [1.165, 1.54) is 7.11 Å². The number of anilines is 1. The quantitative estimate of drug-likeness (QED) is 0.713. The van der Waals surface area contributed by atoms with Gasteiger partial charge in [0.1, 0.15) is 6.04 Å². The van der Waals surface area contributed by atoms with Crippen molar-refractivity contribution in [1.82, 2.24) is 10.2 Å². The molecule has 0 aromatic heterocycles. The molecule has 10 heteroatoms. The number of amides is 3. The van der Waals surface area contributed by atoms with Crippen LogP contribution in [0.5, 0.6) is 11.5 Å². The highest BCUT2D eigenvalue weighted by molar-refractivity contribution is 6.02. The Morgan fingerprint density at radius 1 is 1.27 bits per heavy atom. The third-order valence-corrected chi connectivity index (χ3v) is 3.94. The van der Waals surface area contributed by atoms with Crippen molar-refractivity contribution in [3.05, 3.63) is 18.2 Å². The molecule has 26 heavy (non-hydrogen) atoms. The lowest BCUT2D eigenvalue weighted by atomic mass is 10.2. The maximum Gasteiger partial charge on any atom is 0.325 e. The lowest BCUT2D eigenvalue weighted by molar-refractivity contribution is -0.153. The van der Waals surface area contributed by atoms with Crippen LogP contribution in [0.3, 0.4) is 0 Å². The number of nitrogens with one attached hydrogen (secondary N) is 2. The maximum absolute atomic E-state index is 12.1. The van der Waals surface area contributed by atoms with Crippen LogP contribution in [0.25, 0.3) is 0 Å². The molecule has 3 rings (SSSR count). The number of rotatable bonds is 4. The summed E-state index contributed by atoms with van der Waals surface area (Å²) < 4.78 is 20.4. The molecule has 1 aromatic carbocycles. The van der Waals surface area contributed by atoms with Crippen LogP contribution >= 0.6 is 0 Å². The fourth-order valence-corrected chi connectivity index (χ4v) is 2.67. The minimum atomic E-state index is -0.684. The molecule has 2 aliphatic rings. The van der Waals surface area contributed by atoms with Crippen LogP contribution in [-0.2, 0) is 19.1 Å². The van der Waals surface area contributed by atoms with Gasteiger partial charge in [0.05, 0.1) is 26.9 Å². The van der Waals surface area contributed by atoms with Crippen LogP contribution in [0.2, 0.25) is 0 Å². The lowest BCUT2D eigenvalue weighted by Gasteiger charge is -2.32. The Hall–Kier alpha value is -2.85. The van der Waals surface area contributed by atoms with Crippen molar-refractivity contribution in [3.8, 4) is 11.5 Å². The fraction of sp³-hybridized carbons (Fsp3) is 0.438. The molecule has 3 amide bonds. The third-order valence-electron chi connectivity index (χ3n) is 3.94. The Kier molecular flexibility index (Phi) is 5.54. The molecular weight excluding hydrogens is 346 g/mol. The van der Waals surface area contributed by atoms with E-state index in [0.29, 0.717) is 30.3 Å². The van der Waals surface area contributed by atoms with E-state index >= 15 is 0 Å². The zero-order valence-electron chi connectivity index (χ0n) is 14.1. The van der Waals surface area contributed by atoms with Gasteiger partial charge in [0, 0.05) is 18.3 Å². The first kappa shape index (κ1) is 18.0. The van der Waals surface area contributed by atoms with E-state index in [4.69, 9.17) is 18.9 Å². The molecule has 0 aliphatic carbocycles. The molecule has 2 heterocycles. The number of fused-ring (bicyclic) bond motifs is 1. The van der Waals surface area contributed by atoms with Crippen molar-refractivity contribution < 1.29 is 33.3 Å². The number of imide groups is 1. The standard InChI is InChI=1S/C16H19N3O7/c1-23-15(21)11-8-24-5-4-19(11)7-14(20)18-16(22)17-10-2-3-12-13(6-10)26-9-25-12/h2-3,6,11H,4-5,7-9H2,1H3,(H2,17,18,20,22)/t11-/m1/s1. The predicted molar refractivity (Wildman–Crippen MR) is 87.9 cm³/mol. The van der Waals surface area contributed by atoms with Crippen LogP contribution in [0, 0.1) is 0 Å². The first-order valence-corrected chi connectivity index (χ1v) is 7.97. The van der Waals surface area contributed by atoms with Crippen LogP contribution < -0.4 is 20.1 Å². The van der Waals surface area contributed by atoms with Crippen molar-refractivity contribution >= 4 is 23.6 Å². The molecule has 2 N–H and O–H groups in total. The molecule has 0 saturated carbocycles. The first-order chi connectivity index (χ1) is 12.6. The van der Waals surface area contributed by atoms with Gasteiger partial charge in [-0.05, 0) is 12.1 Å². The molecule has 1 atom stereocenters. The SMILES string of the molecule is COC(=O)[C@H]1COCCN1CC(=O)NC(=O)Nc1ccc2c(c1)OCO2. The number of morpholine rings is 1. The van der Waals surface area contributed by atoms with E-state index in [9.17, 15) is 14.4 Å². The molecule has 10 nitrogen and oxygen atoms in total. The van der Waals surface area contributed by atoms with E-state index in [-0.39, 0.29) is 19.9 Å². The monoisotopic (exact) mass is 365 g/mol. The van der Waals surface area contributed by atoms with Crippen molar-refractivity contribution in [2.24, 2.45) is 0 Å². The normalized spacial score (nSPS) is 18.9. The van der Waals surface area contributed by atoms with Crippen LogP contribution in [0.15, 0.2) is 18.2 Å². The number of carbonyl (C=O) groups excluding carboxylic acids is 3. The Labute approximate surface area is 149 Å². The molecule has 1 aromatic rings. The lowest BCUT2D eigenvalue weighted by Crippen LogP contribution is -2.54. The molecule has 0 spiro atoms. The van der Waals surface area contributed by atoms with Gasteiger partial charge in [0.2, 0.25) is 12.7 Å². The summed E-state index contributed by atoms with van der Waals surface area (Å²) in [6, 6.07) is 3.54. The summed E-state index contributed by atoms with van der Waals surface area (Å²) in [5.41, 5.74) is 0.457. The van der Waals surface area contributed by atoms with Gasteiger partial charge in [-0.15, -0.1) is 0 Å². The molecule has 0 unspecified atom stereocenters. The molecule has 0 bridgehead atoms. The summed E-state index contributed by atoms with van der Waals surface area (Å²) in [4.78, 5) is 37.4. The largest absolute Gasteiger partial charge is 0.468 e. The van der Waals surface area contributed by atoms with Gasteiger partial charge in [-0.1, -0.05) is 0 Å². The van der Waals surface area contributed by atoms with Crippen LogP contribution in [0.4, 0.5) is 10.5 Å². The van der Waals surface area contributed by atoms with Gasteiger partial charge < -0.3 is 24.3 Å². The number of urea groups is 1. The van der Waals surface area contributed by atoms with Gasteiger partial charge in [-0.2, -0.15) is 0 Å². The van der Waals surface area contributed by atoms with Crippen LogP contribution in [-0.4, -0.2) is 69.1 Å². The number of ether oxygens (including phenoxy) is 4. The number of methoxy groups -OCH3 is 1. The van der Waals surface area contributed by atoms with E-state index in [1.807, 2.05) is 0 Å². The Morgan fingerprint density at radius 2 is 2.08 bits per heavy atom. The predicted octanol–water partition coefficient (Wildman–Crippen LogP) is -0.0628. The Morgan fingerprint density at radius 3 is 2.88 bits per heavy atom. The topological polar surface area (TPSA) is 115 Å². The number of carbonyl (C=O) groups is 3. The summed E-state index contributed by atoms with van der Waals surface area (Å²) in [5.74, 6) is 0.0814. The van der Waals surface area contributed by atoms with Gasteiger partial charge in [-0.25, -0.2) is 4.79 Å². The Balaban J connectivity index is 1.52. The number of benzene rings is 1. The number of nitrogens with zero attached hydrogens (tertiary/aromatic N) is 1. The molecule has 2 aliphatic heterocycles. The minimum absolute atomic E-state index is 0.127. The summed E-state index contributed by atoms with van der Waals surface area (Å²) in [6.07, 6.45) is 0. The maximum atomic E-state index is 12.1. The Bertz CT molecular complexity index is 709. The molecule has 1 fully saturated rings. The summed E-state index contributed by atoms with van der Waals surface area (Å²) in [5, 5.41) is 4.77. The van der Waals surface area contributed by atoms with Gasteiger partial charge in [0.25, 0.3) is 0 Å². The molecule has 0 radical (unpaired) electrons. The summed E-state index contributed by atoms with van der Waals surface area (Å²) >= 11 is 0. The van der Waals surface area contributed by atoms with Gasteiger partial charge >= 0.3 is 12.0 Å². The molecule has 1 saturated heterocycles. The minimum Gasteiger partial charge on any atom is -0.468 e. The second-order valence-electron chi connectivity index (χ2n) is 5.65.